The van der Waals surface area contributed by atoms with Crippen LogP contribution in [0.2, 0.25) is 5.02 Å². The van der Waals surface area contributed by atoms with Crippen molar-refractivity contribution in [2.75, 3.05) is 10.6 Å². The van der Waals surface area contributed by atoms with E-state index in [2.05, 4.69) is 20.8 Å². The Morgan fingerprint density at radius 3 is 2.71 bits per heavy atom. The molecule has 0 radical (unpaired) electrons. The summed E-state index contributed by atoms with van der Waals surface area (Å²) in [5.41, 5.74) is 5.56. The van der Waals surface area contributed by atoms with Gasteiger partial charge in [0.05, 0.1) is 28.7 Å². The average molecular weight is 387 g/mol. The normalized spacial score (nSPS) is 14.7. The minimum absolute atomic E-state index is 0.161. The largest absolute Gasteiger partial charge is 0.354 e. The van der Waals surface area contributed by atoms with E-state index in [4.69, 9.17) is 11.6 Å². The third kappa shape index (κ3) is 2.82. The molecule has 5 rings (SSSR count). The van der Waals surface area contributed by atoms with Gasteiger partial charge in [0.25, 0.3) is 5.91 Å². The van der Waals surface area contributed by atoms with Gasteiger partial charge in [-0.05, 0) is 35.9 Å². The number of anilines is 2. The van der Waals surface area contributed by atoms with Gasteiger partial charge in [-0.3, -0.25) is 9.89 Å². The van der Waals surface area contributed by atoms with Crippen LogP contribution in [0.15, 0.2) is 72.9 Å². The number of carbonyl (C=O) groups excluding carboxylic acids is 1. The van der Waals surface area contributed by atoms with Gasteiger partial charge in [-0.25, -0.2) is 0 Å². The summed E-state index contributed by atoms with van der Waals surface area (Å²) in [6, 6.07) is 21.2. The predicted molar refractivity (Wildman–Crippen MR) is 113 cm³/mol. The zero-order valence-electron chi connectivity index (χ0n) is 14.7. The molecule has 28 heavy (non-hydrogen) atoms. The number of fused-ring (bicyclic) bond motifs is 2. The monoisotopic (exact) mass is 386 g/mol. The van der Waals surface area contributed by atoms with Crippen molar-refractivity contribution in [1.82, 2.24) is 10.2 Å². The molecular weight excluding hydrogens is 372 g/mol. The van der Waals surface area contributed by atoms with Crippen LogP contribution in [-0.4, -0.2) is 16.1 Å². The lowest BCUT2D eigenvalue weighted by molar-refractivity contribution is -0.110. The molecule has 3 N–H and O–H groups in total. The van der Waals surface area contributed by atoms with Gasteiger partial charge < -0.3 is 10.6 Å². The third-order valence-electron chi connectivity index (χ3n) is 4.75. The lowest BCUT2D eigenvalue weighted by atomic mass is 10.00. The molecule has 2 heterocycles. The van der Waals surface area contributed by atoms with Crippen LogP contribution < -0.4 is 10.6 Å². The number of amides is 1. The Kier molecular flexibility index (Phi) is 3.88. The molecule has 0 fully saturated rings. The van der Waals surface area contributed by atoms with Gasteiger partial charge in [0, 0.05) is 21.7 Å². The predicted octanol–water partition coefficient (Wildman–Crippen LogP) is 5.15. The summed E-state index contributed by atoms with van der Waals surface area (Å²) >= 11 is 6.10. The molecule has 6 heteroatoms. The number of aromatic nitrogens is 2. The van der Waals surface area contributed by atoms with E-state index >= 15 is 0 Å². The van der Waals surface area contributed by atoms with E-state index in [0.717, 1.165) is 33.4 Å². The van der Waals surface area contributed by atoms with Gasteiger partial charge in [-0.1, -0.05) is 48.0 Å². The maximum Gasteiger partial charge on any atom is 0.258 e. The highest BCUT2D eigenvalue weighted by atomic mass is 35.5. The molecule has 1 amide bonds. The topological polar surface area (TPSA) is 69.8 Å². The smallest absolute Gasteiger partial charge is 0.258 e. The summed E-state index contributed by atoms with van der Waals surface area (Å²) in [6.07, 6.45) is 1.78. The molecular formula is C22H15ClN4O. The van der Waals surface area contributed by atoms with Crippen LogP contribution in [0.4, 0.5) is 11.4 Å². The molecule has 0 spiro atoms. The van der Waals surface area contributed by atoms with E-state index in [1.807, 2.05) is 54.6 Å². The van der Waals surface area contributed by atoms with Gasteiger partial charge in [0.1, 0.15) is 0 Å². The summed E-state index contributed by atoms with van der Waals surface area (Å²) in [5, 5.41) is 15.0. The van der Waals surface area contributed by atoms with E-state index in [-0.39, 0.29) is 5.91 Å². The second kappa shape index (κ2) is 6.55. The van der Waals surface area contributed by atoms with Crippen molar-refractivity contribution in [3.05, 3.63) is 89.1 Å². The number of rotatable bonds is 3. The molecule has 1 aliphatic heterocycles. The molecule has 5 nitrogen and oxygen atoms in total. The molecule has 0 bridgehead atoms. The number of aromatic amines is 1. The number of hydrogen-bond acceptors (Lipinski definition) is 3. The first-order chi connectivity index (χ1) is 13.7. The fourth-order valence-corrected chi connectivity index (χ4v) is 3.61. The van der Waals surface area contributed by atoms with Gasteiger partial charge >= 0.3 is 0 Å². The van der Waals surface area contributed by atoms with E-state index in [0.29, 0.717) is 16.3 Å². The second-order valence-corrected chi connectivity index (χ2v) is 6.99. The number of nitrogens with zero attached hydrogens (tertiary/aromatic N) is 1. The van der Waals surface area contributed by atoms with E-state index in [9.17, 15) is 4.79 Å². The molecule has 1 aromatic heterocycles. The van der Waals surface area contributed by atoms with Crippen LogP contribution in [0.1, 0.15) is 11.1 Å². The fourth-order valence-electron chi connectivity index (χ4n) is 3.44. The Balaban J connectivity index is 1.69. The van der Waals surface area contributed by atoms with Crippen molar-refractivity contribution >= 4 is 51.1 Å². The van der Waals surface area contributed by atoms with Gasteiger partial charge in [0.2, 0.25) is 0 Å². The Morgan fingerprint density at radius 1 is 1.00 bits per heavy atom. The molecule has 0 atom stereocenters. The summed E-state index contributed by atoms with van der Waals surface area (Å²) < 4.78 is 0. The molecule has 1 aliphatic rings. The molecule has 3 aromatic carbocycles. The number of hydrogen-bond donors (Lipinski definition) is 3. The Bertz CT molecular complexity index is 1240. The van der Waals surface area contributed by atoms with Crippen molar-refractivity contribution in [3.63, 3.8) is 0 Å². The highest BCUT2D eigenvalue weighted by Crippen LogP contribution is 2.38. The van der Waals surface area contributed by atoms with Crippen molar-refractivity contribution in [2.24, 2.45) is 0 Å². The molecule has 0 saturated carbocycles. The van der Waals surface area contributed by atoms with Gasteiger partial charge in [-0.15, -0.1) is 0 Å². The number of halogens is 1. The maximum atomic E-state index is 12.9. The molecule has 0 aliphatic carbocycles. The highest BCUT2D eigenvalue weighted by molar-refractivity contribution is 6.38. The lowest BCUT2D eigenvalue weighted by Crippen LogP contribution is -2.10. The van der Waals surface area contributed by atoms with Crippen LogP contribution >= 0.6 is 11.6 Å². The van der Waals surface area contributed by atoms with Gasteiger partial charge in [-0.2, -0.15) is 5.10 Å². The minimum Gasteiger partial charge on any atom is -0.354 e. The number of H-pyrrole nitrogens is 1. The second-order valence-electron chi connectivity index (χ2n) is 6.56. The number of nitrogens with one attached hydrogen (secondary N) is 3. The zero-order valence-corrected chi connectivity index (χ0v) is 15.4. The first-order valence-electron chi connectivity index (χ1n) is 8.80. The van der Waals surface area contributed by atoms with Gasteiger partial charge in [0.15, 0.2) is 0 Å². The molecule has 4 aromatic rings. The SMILES string of the molecule is O=C1Nc2cc(Cl)ccc2/C1=C(/Nc1ccc2cn[nH]c2c1)c1ccccc1. The first kappa shape index (κ1) is 16.6. The lowest BCUT2D eigenvalue weighted by Gasteiger charge is -2.15. The Hall–Kier alpha value is -3.57. The average Bonchev–Trinajstić information content (AvgIpc) is 3.29. The third-order valence-corrected chi connectivity index (χ3v) is 4.99. The standard InChI is InChI=1S/C22H15ClN4O/c23-15-7-9-17-19(10-15)26-22(28)20(17)21(13-4-2-1-3-5-13)25-16-8-6-14-12-24-27-18(14)11-16/h1-12,25H,(H,24,27)(H,26,28)/b21-20-. The summed E-state index contributed by atoms with van der Waals surface area (Å²) in [5.74, 6) is -0.161. The van der Waals surface area contributed by atoms with Crippen LogP contribution in [0.25, 0.3) is 22.2 Å². The Morgan fingerprint density at radius 2 is 1.86 bits per heavy atom. The maximum absolute atomic E-state index is 12.9. The van der Waals surface area contributed by atoms with Crippen molar-refractivity contribution < 1.29 is 4.79 Å². The number of carbonyl (C=O) groups is 1. The van der Waals surface area contributed by atoms with Crippen LogP contribution in [0.5, 0.6) is 0 Å². The summed E-state index contributed by atoms with van der Waals surface area (Å²) in [4.78, 5) is 12.9. The highest BCUT2D eigenvalue weighted by Gasteiger charge is 2.28. The summed E-state index contributed by atoms with van der Waals surface area (Å²) in [7, 11) is 0. The summed E-state index contributed by atoms with van der Waals surface area (Å²) in [6.45, 7) is 0. The van der Waals surface area contributed by atoms with E-state index in [1.165, 1.54) is 0 Å². The fraction of sp³-hybridized carbons (Fsp3) is 0. The molecule has 0 saturated heterocycles. The first-order valence-corrected chi connectivity index (χ1v) is 9.18. The van der Waals surface area contributed by atoms with Crippen LogP contribution in [0.3, 0.4) is 0 Å². The quantitative estimate of drug-likeness (QED) is 0.426. The molecule has 136 valence electrons. The van der Waals surface area contributed by atoms with Crippen molar-refractivity contribution in [3.8, 4) is 0 Å². The molecule has 0 unspecified atom stereocenters. The number of benzene rings is 3. The zero-order chi connectivity index (χ0) is 19.1. The minimum atomic E-state index is -0.161. The van der Waals surface area contributed by atoms with E-state index < -0.39 is 0 Å². The van der Waals surface area contributed by atoms with Crippen LogP contribution in [-0.2, 0) is 4.79 Å². The Labute approximate surface area is 166 Å². The van der Waals surface area contributed by atoms with Crippen molar-refractivity contribution in [2.45, 2.75) is 0 Å². The van der Waals surface area contributed by atoms with Crippen LogP contribution in [0, 0.1) is 0 Å². The van der Waals surface area contributed by atoms with E-state index in [1.54, 1.807) is 18.3 Å². The van der Waals surface area contributed by atoms with Crippen molar-refractivity contribution in [1.29, 1.82) is 0 Å².